The highest BCUT2D eigenvalue weighted by molar-refractivity contribution is 5.91. The van der Waals surface area contributed by atoms with Crippen LogP contribution in [0.3, 0.4) is 0 Å². The third-order valence-corrected chi connectivity index (χ3v) is 2.16. The fourth-order valence-corrected chi connectivity index (χ4v) is 1.29. The Kier molecular flexibility index (Phi) is 3.46. The summed E-state index contributed by atoms with van der Waals surface area (Å²) in [6.07, 6.45) is 3.05. The second kappa shape index (κ2) is 5.22. The molecule has 1 amide bonds. The Hall–Kier alpha value is -2.21. The summed E-state index contributed by atoms with van der Waals surface area (Å²) in [6, 6.07) is 5.00. The number of carbonyl (C=O) groups excluding carboxylic acids is 1. The lowest BCUT2D eigenvalue weighted by atomic mass is 10.3. The van der Waals surface area contributed by atoms with Crippen molar-refractivity contribution in [1.82, 2.24) is 15.3 Å². The molecule has 6 heteroatoms. The Morgan fingerprint density at radius 3 is 2.94 bits per heavy atom. The van der Waals surface area contributed by atoms with Gasteiger partial charge in [0.1, 0.15) is 12.1 Å². The number of furan rings is 1. The lowest BCUT2D eigenvalue weighted by Gasteiger charge is -2.01. The van der Waals surface area contributed by atoms with Gasteiger partial charge in [0.15, 0.2) is 5.76 Å². The summed E-state index contributed by atoms with van der Waals surface area (Å²) < 4.78 is 5.21. The van der Waals surface area contributed by atoms with E-state index in [-0.39, 0.29) is 18.2 Å². The van der Waals surface area contributed by atoms with Crippen molar-refractivity contribution in [1.29, 1.82) is 0 Å². The summed E-state index contributed by atoms with van der Waals surface area (Å²) >= 11 is 0. The standard InChI is InChI=1S/C11H12N4O2/c12-5-9-1-2-10(17-9)11(16)14-6-8-3-4-13-7-15-8/h1-4,7H,5-6,12H2,(H,14,16). The van der Waals surface area contributed by atoms with E-state index in [0.29, 0.717) is 12.3 Å². The SMILES string of the molecule is NCc1ccc(C(=O)NCc2ccncn2)o1. The summed E-state index contributed by atoms with van der Waals surface area (Å²) in [7, 11) is 0. The first-order valence-corrected chi connectivity index (χ1v) is 5.11. The highest BCUT2D eigenvalue weighted by atomic mass is 16.4. The molecule has 2 aromatic heterocycles. The molecule has 0 radical (unpaired) electrons. The zero-order chi connectivity index (χ0) is 12.1. The lowest BCUT2D eigenvalue weighted by molar-refractivity contribution is 0.0921. The van der Waals surface area contributed by atoms with E-state index in [1.165, 1.54) is 6.33 Å². The predicted molar refractivity (Wildman–Crippen MR) is 59.8 cm³/mol. The van der Waals surface area contributed by atoms with Crippen LogP contribution in [0, 0.1) is 0 Å². The predicted octanol–water partition coefficient (Wildman–Crippen LogP) is 0.458. The summed E-state index contributed by atoms with van der Waals surface area (Å²) in [5.74, 6) is 0.542. The van der Waals surface area contributed by atoms with Crippen LogP contribution in [0.5, 0.6) is 0 Å². The molecule has 0 atom stereocenters. The second-order valence-electron chi connectivity index (χ2n) is 3.35. The monoisotopic (exact) mass is 232 g/mol. The van der Waals surface area contributed by atoms with Gasteiger partial charge in [-0.2, -0.15) is 0 Å². The third-order valence-electron chi connectivity index (χ3n) is 2.16. The van der Waals surface area contributed by atoms with Gasteiger partial charge in [-0.05, 0) is 18.2 Å². The average Bonchev–Trinajstić information content (AvgIpc) is 2.86. The van der Waals surface area contributed by atoms with Crippen molar-refractivity contribution in [3.8, 4) is 0 Å². The number of hydrogen-bond donors (Lipinski definition) is 2. The van der Waals surface area contributed by atoms with Gasteiger partial charge in [-0.3, -0.25) is 4.79 Å². The topological polar surface area (TPSA) is 94.0 Å². The van der Waals surface area contributed by atoms with Gasteiger partial charge in [0.2, 0.25) is 0 Å². The minimum Gasteiger partial charge on any atom is -0.455 e. The van der Waals surface area contributed by atoms with Crippen LogP contribution in [0.25, 0.3) is 0 Å². The fourth-order valence-electron chi connectivity index (χ4n) is 1.29. The maximum atomic E-state index is 11.7. The Labute approximate surface area is 97.9 Å². The molecule has 0 bridgehead atoms. The van der Waals surface area contributed by atoms with Gasteiger partial charge in [0, 0.05) is 6.20 Å². The van der Waals surface area contributed by atoms with E-state index in [1.54, 1.807) is 24.4 Å². The molecule has 3 N–H and O–H groups in total. The zero-order valence-electron chi connectivity index (χ0n) is 9.09. The van der Waals surface area contributed by atoms with Gasteiger partial charge in [-0.25, -0.2) is 9.97 Å². The molecule has 0 saturated heterocycles. The number of hydrogen-bond acceptors (Lipinski definition) is 5. The van der Waals surface area contributed by atoms with Crippen LogP contribution in [0.15, 0.2) is 35.1 Å². The summed E-state index contributed by atoms with van der Waals surface area (Å²) in [4.78, 5) is 19.4. The quantitative estimate of drug-likeness (QED) is 0.798. The van der Waals surface area contributed by atoms with Crippen LogP contribution in [0.4, 0.5) is 0 Å². The molecule has 0 saturated carbocycles. The molecule has 0 fully saturated rings. The number of nitrogens with zero attached hydrogens (tertiary/aromatic N) is 2. The molecule has 0 aliphatic carbocycles. The Morgan fingerprint density at radius 2 is 2.29 bits per heavy atom. The molecule has 0 aliphatic heterocycles. The van der Waals surface area contributed by atoms with Crippen molar-refractivity contribution in [2.24, 2.45) is 5.73 Å². The summed E-state index contributed by atoms with van der Waals surface area (Å²) in [5.41, 5.74) is 6.12. The highest BCUT2D eigenvalue weighted by Gasteiger charge is 2.10. The number of carbonyl (C=O) groups is 1. The number of aromatic nitrogens is 2. The van der Waals surface area contributed by atoms with E-state index in [4.69, 9.17) is 10.2 Å². The van der Waals surface area contributed by atoms with E-state index in [9.17, 15) is 4.79 Å². The molecule has 2 rings (SSSR count). The third kappa shape index (κ3) is 2.88. The van der Waals surface area contributed by atoms with Crippen LogP contribution in [-0.2, 0) is 13.1 Å². The van der Waals surface area contributed by atoms with Crippen LogP contribution in [-0.4, -0.2) is 15.9 Å². The van der Waals surface area contributed by atoms with Crippen molar-refractivity contribution < 1.29 is 9.21 Å². The maximum Gasteiger partial charge on any atom is 0.287 e. The van der Waals surface area contributed by atoms with E-state index < -0.39 is 0 Å². The lowest BCUT2D eigenvalue weighted by Crippen LogP contribution is -2.22. The van der Waals surface area contributed by atoms with E-state index in [1.807, 2.05) is 0 Å². The Bertz CT molecular complexity index is 495. The first kappa shape index (κ1) is 11.3. The maximum absolute atomic E-state index is 11.7. The molecule has 0 aromatic carbocycles. The molecular formula is C11H12N4O2. The van der Waals surface area contributed by atoms with Gasteiger partial charge in [-0.15, -0.1) is 0 Å². The van der Waals surface area contributed by atoms with Crippen LogP contribution < -0.4 is 11.1 Å². The average molecular weight is 232 g/mol. The largest absolute Gasteiger partial charge is 0.455 e. The molecule has 2 heterocycles. The first-order valence-electron chi connectivity index (χ1n) is 5.11. The second-order valence-corrected chi connectivity index (χ2v) is 3.35. The van der Waals surface area contributed by atoms with Crippen molar-refractivity contribution >= 4 is 5.91 Å². The minimum atomic E-state index is -0.289. The number of amides is 1. The molecule has 0 spiro atoms. The number of nitrogens with one attached hydrogen (secondary N) is 1. The highest BCUT2D eigenvalue weighted by Crippen LogP contribution is 2.06. The van der Waals surface area contributed by atoms with E-state index in [2.05, 4.69) is 15.3 Å². The van der Waals surface area contributed by atoms with Gasteiger partial charge in [-0.1, -0.05) is 0 Å². The van der Waals surface area contributed by atoms with Gasteiger partial charge in [0.05, 0.1) is 18.8 Å². The van der Waals surface area contributed by atoms with E-state index in [0.717, 1.165) is 5.69 Å². The van der Waals surface area contributed by atoms with Crippen molar-refractivity contribution in [3.05, 3.63) is 47.9 Å². The molecule has 0 aliphatic rings. The molecular weight excluding hydrogens is 220 g/mol. The molecule has 88 valence electrons. The minimum absolute atomic E-state index is 0.250. The molecule has 0 unspecified atom stereocenters. The van der Waals surface area contributed by atoms with Gasteiger partial charge in [0.25, 0.3) is 5.91 Å². The summed E-state index contributed by atoms with van der Waals surface area (Å²) in [5, 5.41) is 2.69. The van der Waals surface area contributed by atoms with E-state index >= 15 is 0 Å². The number of nitrogens with two attached hydrogens (primary N) is 1. The summed E-state index contributed by atoms with van der Waals surface area (Å²) in [6.45, 7) is 0.610. The Balaban J connectivity index is 1.93. The van der Waals surface area contributed by atoms with Crippen molar-refractivity contribution in [3.63, 3.8) is 0 Å². The molecule has 17 heavy (non-hydrogen) atoms. The van der Waals surface area contributed by atoms with Crippen LogP contribution in [0.2, 0.25) is 0 Å². The van der Waals surface area contributed by atoms with Crippen LogP contribution >= 0.6 is 0 Å². The van der Waals surface area contributed by atoms with Gasteiger partial charge >= 0.3 is 0 Å². The Morgan fingerprint density at radius 1 is 1.41 bits per heavy atom. The first-order chi connectivity index (χ1) is 8.29. The zero-order valence-corrected chi connectivity index (χ0v) is 9.09. The van der Waals surface area contributed by atoms with Crippen molar-refractivity contribution in [2.45, 2.75) is 13.1 Å². The van der Waals surface area contributed by atoms with Crippen LogP contribution in [0.1, 0.15) is 22.0 Å². The fraction of sp³-hybridized carbons (Fsp3) is 0.182. The number of rotatable bonds is 4. The normalized spacial score (nSPS) is 10.2. The van der Waals surface area contributed by atoms with Crippen molar-refractivity contribution in [2.75, 3.05) is 0 Å². The van der Waals surface area contributed by atoms with Gasteiger partial charge < -0.3 is 15.5 Å². The molecule has 2 aromatic rings. The molecule has 6 nitrogen and oxygen atoms in total. The smallest absolute Gasteiger partial charge is 0.287 e.